The molecular formula is C21H30N2O2S. The summed E-state index contributed by atoms with van der Waals surface area (Å²) in [5.41, 5.74) is 1.24. The van der Waals surface area contributed by atoms with E-state index in [-0.39, 0.29) is 4.75 Å². The second-order valence-electron chi connectivity index (χ2n) is 8.96. The van der Waals surface area contributed by atoms with Gasteiger partial charge in [-0.2, -0.15) is 0 Å². The van der Waals surface area contributed by atoms with E-state index in [4.69, 9.17) is 4.74 Å². The molecule has 0 amide bonds. The molecule has 5 heteroatoms. The van der Waals surface area contributed by atoms with Gasteiger partial charge in [-0.25, -0.2) is 8.51 Å². The minimum atomic E-state index is -0.801. The van der Waals surface area contributed by atoms with Crippen LogP contribution in [0.3, 0.4) is 0 Å². The van der Waals surface area contributed by atoms with Crippen LogP contribution in [0.5, 0.6) is 5.75 Å². The number of nitrogens with zero attached hydrogens (tertiary/aromatic N) is 2. The van der Waals surface area contributed by atoms with Crippen molar-refractivity contribution in [1.82, 2.24) is 4.31 Å². The lowest BCUT2D eigenvalue weighted by Crippen LogP contribution is -2.58. The molecule has 4 aliphatic carbocycles. The van der Waals surface area contributed by atoms with Crippen LogP contribution in [0.25, 0.3) is 0 Å². The molecule has 1 saturated heterocycles. The molecule has 0 radical (unpaired) electrons. The molecule has 0 spiro atoms. The van der Waals surface area contributed by atoms with Crippen LogP contribution >= 0.6 is 0 Å². The maximum Gasteiger partial charge on any atom is 0.119 e. The molecule has 4 saturated carbocycles. The molecule has 5 aliphatic rings. The van der Waals surface area contributed by atoms with Gasteiger partial charge in [-0.05, 0) is 80.5 Å². The van der Waals surface area contributed by atoms with Crippen LogP contribution in [0.2, 0.25) is 0 Å². The summed E-state index contributed by atoms with van der Waals surface area (Å²) < 4.78 is 21.3. The van der Waals surface area contributed by atoms with Gasteiger partial charge in [0.1, 0.15) is 16.7 Å². The van der Waals surface area contributed by atoms with Gasteiger partial charge in [0, 0.05) is 31.9 Å². The number of methoxy groups -OCH3 is 1. The maximum atomic E-state index is 13.6. The summed E-state index contributed by atoms with van der Waals surface area (Å²) in [6, 6.07) is 8.31. The number of hydrogen-bond donors (Lipinski definition) is 0. The topological polar surface area (TPSA) is 32.8 Å². The fraction of sp³-hybridized carbons (Fsp3) is 0.714. The molecule has 26 heavy (non-hydrogen) atoms. The van der Waals surface area contributed by atoms with E-state index >= 15 is 0 Å². The first-order valence-electron chi connectivity index (χ1n) is 10.2. The van der Waals surface area contributed by atoms with Gasteiger partial charge in [-0.15, -0.1) is 0 Å². The van der Waals surface area contributed by atoms with Crippen LogP contribution in [0, 0.1) is 17.8 Å². The Hall–Kier alpha value is -1.07. The van der Waals surface area contributed by atoms with E-state index < -0.39 is 11.0 Å². The molecule has 0 aromatic heterocycles. The van der Waals surface area contributed by atoms with Crippen molar-refractivity contribution in [1.29, 1.82) is 0 Å². The van der Waals surface area contributed by atoms with Crippen molar-refractivity contribution in [3.63, 3.8) is 0 Å². The Morgan fingerprint density at radius 3 is 1.96 bits per heavy atom. The van der Waals surface area contributed by atoms with E-state index in [0.717, 1.165) is 49.7 Å². The monoisotopic (exact) mass is 374 g/mol. The third kappa shape index (κ3) is 2.88. The average molecular weight is 375 g/mol. The Kier molecular flexibility index (Phi) is 4.28. The molecule has 1 aliphatic heterocycles. The average Bonchev–Trinajstić information content (AvgIpc) is 2.67. The van der Waals surface area contributed by atoms with Crippen molar-refractivity contribution >= 4 is 16.7 Å². The molecule has 4 nitrogen and oxygen atoms in total. The van der Waals surface area contributed by atoms with Gasteiger partial charge < -0.3 is 9.64 Å². The van der Waals surface area contributed by atoms with E-state index in [1.807, 2.05) is 12.1 Å². The fourth-order valence-electron chi connectivity index (χ4n) is 6.42. The Morgan fingerprint density at radius 1 is 0.923 bits per heavy atom. The van der Waals surface area contributed by atoms with Gasteiger partial charge in [0.25, 0.3) is 0 Å². The highest BCUT2D eigenvalue weighted by molar-refractivity contribution is 7.84. The fourth-order valence-corrected chi connectivity index (χ4v) is 8.60. The third-order valence-electron chi connectivity index (χ3n) is 7.26. The predicted molar refractivity (Wildman–Crippen MR) is 106 cm³/mol. The molecule has 142 valence electrons. The molecular weight excluding hydrogens is 344 g/mol. The highest BCUT2D eigenvalue weighted by Gasteiger charge is 2.55. The molecule has 4 bridgehead atoms. The van der Waals surface area contributed by atoms with Gasteiger partial charge in [0.2, 0.25) is 0 Å². The predicted octanol–water partition coefficient (Wildman–Crippen LogP) is 3.45. The number of piperazine rings is 1. The van der Waals surface area contributed by atoms with Crippen molar-refractivity contribution in [3.8, 4) is 5.75 Å². The number of rotatable bonds is 4. The number of benzene rings is 1. The summed E-state index contributed by atoms with van der Waals surface area (Å²) >= 11 is 0. The van der Waals surface area contributed by atoms with Crippen molar-refractivity contribution in [2.24, 2.45) is 17.8 Å². The molecule has 5 fully saturated rings. The second-order valence-corrected chi connectivity index (χ2v) is 10.8. The number of anilines is 1. The Labute approximate surface area is 159 Å². The maximum absolute atomic E-state index is 13.6. The van der Waals surface area contributed by atoms with E-state index in [9.17, 15) is 4.21 Å². The highest BCUT2D eigenvalue weighted by atomic mass is 32.2. The smallest absolute Gasteiger partial charge is 0.119 e. The van der Waals surface area contributed by atoms with Gasteiger partial charge in [-0.3, -0.25) is 0 Å². The summed E-state index contributed by atoms with van der Waals surface area (Å²) in [7, 11) is 0.901. The van der Waals surface area contributed by atoms with Crippen molar-refractivity contribution in [3.05, 3.63) is 24.3 Å². The SMILES string of the molecule is COc1ccc(N2CCN(S(=O)C34CC5CC(CC(C5)C3)C4)CC2)cc1. The number of ether oxygens (including phenoxy) is 1. The Morgan fingerprint density at radius 2 is 1.46 bits per heavy atom. The van der Waals surface area contributed by atoms with Crippen LogP contribution in [0.15, 0.2) is 24.3 Å². The summed E-state index contributed by atoms with van der Waals surface area (Å²) in [6.07, 6.45) is 7.93. The summed E-state index contributed by atoms with van der Waals surface area (Å²) in [5.74, 6) is 3.50. The van der Waals surface area contributed by atoms with Gasteiger partial charge in [-0.1, -0.05) is 0 Å². The lowest BCUT2D eigenvalue weighted by molar-refractivity contribution is 0.0339. The minimum absolute atomic E-state index is 0.122. The Bertz CT molecular complexity index is 646. The summed E-state index contributed by atoms with van der Waals surface area (Å²) in [6.45, 7) is 3.76. The number of hydrogen-bond acceptors (Lipinski definition) is 3. The molecule has 1 heterocycles. The standard InChI is InChI=1S/C21H30N2O2S/c1-25-20-4-2-19(3-5-20)22-6-8-23(9-7-22)26(24)21-13-16-10-17(14-21)12-18(11-16)15-21/h2-5,16-18H,6-15H2,1H3. The van der Waals surface area contributed by atoms with E-state index in [2.05, 4.69) is 21.3 Å². The van der Waals surface area contributed by atoms with Crippen molar-refractivity contribution < 1.29 is 8.95 Å². The first-order chi connectivity index (χ1) is 12.6. The molecule has 0 N–H and O–H groups in total. The van der Waals surface area contributed by atoms with Crippen LogP contribution in [0.1, 0.15) is 38.5 Å². The van der Waals surface area contributed by atoms with Crippen molar-refractivity contribution in [2.45, 2.75) is 43.3 Å². The second kappa shape index (κ2) is 6.52. The largest absolute Gasteiger partial charge is 0.497 e. The van der Waals surface area contributed by atoms with Crippen LogP contribution in [-0.2, 0) is 11.0 Å². The zero-order valence-corrected chi connectivity index (χ0v) is 16.5. The van der Waals surface area contributed by atoms with E-state index in [1.165, 1.54) is 44.2 Å². The van der Waals surface area contributed by atoms with Crippen molar-refractivity contribution in [2.75, 3.05) is 38.2 Å². The first kappa shape index (κ1) is 17.1. The quantitative estimate of drug-likeness (QED) is 0.809. The summed E-state index contributed by atoms with van der Waals surface area (Å²) in [4.78, 5) is 2.41. The molecule has 1 aromatic carbocycles. The zero-order chi connectivity index (χ0) is 17.7. The Balaban J connectivity index is 1.24. The van der Waals surface area contributed by atoms with E-state index in [1.54, 1.807) is 7.11 Å². The van der Waals surface area contributed by atoms with Gasteiger partial charge in [0.15, 0.2) is 0 Å². The normalized spacial score (nSPS) is 37.7. The van der Waals surface area contributed by atoms with Crippen LogP contribution in [0.4, 0.5) is 5.69 Å². The highest BCUT2D eigenvalue weighted by Crippen LogP contribution is 2.58. The molecule has 6 rings (SSSR count). The minimum Gasteiger partial charge on any atom is -0.497 e. The van der Waals surface area contributed by atoms with Crippen LogP contribution < -0.4 is 9.64 Å². The van der Waals surface area contributed by atoms with Gasteiger partial charge >= 0.3 is 0 Å². The molecule has 1 atom stereocenters. The van der Waals surface area contributed by atoms with Gasteiger partial charge in [0.05, 0.1) is 11.9 Å². The lowest BCUT2D eigenvalue weighted by atomic mass is 9.56. The molecule has 1 aromatic rings. The molecule has 1 unspecified atom stereocenters. The lowest BCUT2D eigenvalue weighted by Gasteiger charge is -2.57. The zero-order valence-electron chi connectivity index (χ0n) is 15.7. The first-order valence-corrected chi connectivity index (χ1v) is 11.3. The summed E-state index contributed by atoms with van der Waals surface area (Å²) in [5, 5.41) is 0. The van der Waals surface area contributed by atoms with E-state index in [0.29, 0.717) is 0 Å². The third-order valence-corrected chi connectivity index (χ3v) is 9.34. The van der Waals surface area contributed by atoms with Crippen LogP contribution in [-0.4, -0.2) is 46.5 Å².